The molecule has 0 aromatic carbocycles. The van der Waals surface area contributed by atoms with Crippen LogP contribution in [0.1, 0.15) is 12.0 Å². The SMILES string of the molecule is COCCN1C[C@@H](C(=O)NCc2cccnc2N(C)C)CC1=O. The minimum Gasteiger partial charge on any atom is -0.383 e. The van der Waals surface area contributed by atoms with E-state index in [9.17, 15) is 9.59 Å². The summed E-state index contributed by atoms with van der Waals surface area (Å²) in [5.74, 6) is 0.459. The van der Waals surface area contributed by atoms with Gasteiger partial charge in [0.2, 0.25) is 11.8 Å². The van der Waals surface area contributed by atoms with E-state index in [0.29, 0.717) is 26.2 Å². The van der Waals surface area contributed by atoms with Crippen molar-refractivity contribution in [2.45, 2.75) is 13.0 Å². The Labute approximate surface area is 136 Å². The summed E-state index contributed by atoms with van der Waals surface area (Å²) in [6, 6.07) is 3.79. The Balaban J connectivity index is 1.90. The monoisotopic (exact) mass is 320 g/mol. The number of amides is 2. The fourth-order valence-electron chi connectivity index (χ4n) is 2.66. The standard InChI is InChI=1S/C16H24N4O3/c1-19(2)15-12(5-4-6-17-15)10-18-16(22)13-9-14(21)20(11-13)7-8-23-3/h4-6,13H,7-11H2,1-3H3,(H,18,22)/t13-/m0/s1. The molecule has 2 heterocycles. The minimum absolute atomic E-state index is 0.0116. The Morgan fingerprint density at radius 3 is 3.00 bits per heavy atom. The number of carbonyl (C=O) groups excluding carboxylic acids is 2. The van der Waals surface area contributed by atoms with E-state index in [-0.39, 0.29) is 24.2 Å². The molecule has 126 valence electrons. The van der Waals surface area contributed by atoms with Crippen molar-refractivity contribution in [3.63, 3.8) is 0 Å². The largest absolute Gasteiger partial charge is 0.383 e. The first kappa shape index (κ1) is 17.2. The number of ether oxygens (including phenoxy) is 1. The lowest BCUT2D eigenvalue weighted by atomic mass is 10.1. The second kappa shape index (κ2) is 7.92. The van der Waals surface area contributed by atoms with Crippen molar-refractivity contribution < 1.29 is 14.3 Å². The lowest BCUT2D eigenvalue weighted by molar-refractivity contribution is -0.129. The van der Waals surface area contributed by atoms with Crippen molar-refractivity contribution in [1.29, 1.82) is 0 Å². The van der Waals surface area contributed by atoms with Crippen molar-refractivity contribution in [3.05, 3.63) is 23.9 Å². The van der Waals surface area contributed by atoms with Crippen molar-refractivity contribution in [1.82, 2.24) is 15.2 Å². The summed E-state index contributed by atoms with van der Waals surface area (Å²) in [5.41, 5.74) is 0.950. The Bertz CT molecular complexity index is 562. The molecule has 0 spiro atoms. The van der Waals surface area contributed by atoms with Crippen LogP contribution in [0.3, 0.4) is 0 Å². The molecule has 0 radical (unpaired) electrons. The molecule has 7 nitrogen and oxygen atoms in total. The molecule has 1 N–H and O–H groups in total. The number of pyridine rings is 1. The average Bonchev–Trinajstić information content (AvgIpc) is 2.91. The first-order valence-corrected chi connectivity index (χ1v) is 7.68. The van der Waals surface area contributed by atoms with Crippen LogP contribution >= 0.6 is 0 Å². The van der Waals surface area contributed by atoms with Crippen LogP contribution in [0.2, 0.25) is 0 Å². The third-order valence-electron chi connectivity index (χ3n) is 3.89. The number of hydrogen-bond donors (Lipinski definition) is 1. The highest BCUT2D eigenvalue weighted by atomic mass is 16.5. The zero-order valence-electron chi connectivity index (χ0n) is 13.9. The van der Waals surface area contributed by atoms with Crippen LogP contribution < -0.4 is 10.2 Å². The third-order valence-corrected chi connectivity index (χ3v) is 3.89. The predicted octanol–water partition coefficient (Wildman–Crippen LogP) is 0.259. The van der Waals surface area contributed by atoms with E-state index in [1.54, 1.807) is 18.2 Å². The highest BCUT2D eigenvalue weighted by Crippen LogP contribution is 2.19. The fourth-order valence-corrected chi connectivity index (χ4v) is 2.66. The van der Waals surface area contributed by atoms with Gasteiger partial charge in [-0.25, -0.2) is 4.98 Å². The Morgan fingerprint density at radius 2 is 2.30 bits per heavy atom. The van der Waals surface area contributed by atoms with Gasteiger partial charge < -0.3 is 19.9 Å². The summed E-state index contributed by atoms with van der Waals surface area (Å²) in [5, 5.41) is 2.92. The highest BCUT2D eigenvalue weighted by Gasteiger charge is 2.33. The number of rotatable bonds is 7. The summed E-state index contributed by atoms with van der Waals surface area (Å²) in [6.07, 6.45) is 1.99. The van der Waals surface area contributed by atoms with Gasteiger partial charge in [-0.05, 0) is 6.07 Å². The summed E-state index contributed by atoms with van der Waals surface area (Å²) >= 11 is 0. The van der Waals surface area contributed by atoms with Gasteiger partial charge in [-0.1, -0.05) is 6.07 Å². The first-order chi connectivity index (χ1) is 11.0. The topological polar surface area (TPSA) is 74.8 Å². The van der Waals surface area contributed by atoms with Crippen LogP contribution in [0.15, 0.2) is 18.3 Å². The first-order valence-electron chi connectivity index (χ1n) is 7.68. The van der Waals surface area contributed by atoms with E-state index >= 15 is 0 Å². The average molecular weight is 320 g/mol. The number of carbonyl (C=O) groups is 2. The molecule has 0 aliphatic carbocycles. The van der Waals surface area contributed by atoms with Crippen molar-refractivity contribution >= 4 is 17.6 Å². The highest BCUT2D eigenvalue weighted by molar-refractivity contribution is 5.89. The molecule has 2 amide bonds. The summed E-state index contributed by atoms with van der Waals surface area (Å²) in [6.45, 7) is 1.89. The van der Waals surface area contributed by atoms with Gasteiger partial charge in [0.1, 0.15) is 5.82 Å². The lowest BCUT2D eigenvalue weighted by Crippen LogP contribution is -2.34. The Morgan fingerprint density at radius 1 is 1.52 bits per heavy atom. The predicted molar refractivity (Wildman–Crippen MR) is 87.0 cm³/mol. The van der Waals surface area contributed by atoms with Gasteiger partial charge in [0, 0.05) is 59.0 Å². The number of anilines is 1. The van der Waals surface area contributed by atoms with Gasteiger partial charge in [-0.3, -0.25) is 9.59 Å². The zero-order chi connectivity index (χ0) is 16.8. The molecular weight excluding hydrogens is 296 g/mol. The Hall–Kier alpha value is -2.15. The van der Waals surface area contributed by atoms with Crippen molar-refractivity contribution in [2.75, 3.05) is 45.8 Å². The maximum atomic E-state index is 12.3. The second-order valence-corrected chi connectivity index (χ2v) is 5.83. The number of likely N-dealkylation sites (tertiary alicyclic amines) is 1. The molecule has 1 aliphatic heterocycles. The normalized spacial score (nSPS) is 17.4. The quantitative estimate of drug-likeness (QED) is 0.780. The van der Waals surface area contributed by atoms with Crippen molar-refractivity contribution in [3.8, 4) is 0 Å². The van der Waals surface area contributed by atoms with E-state index < -0.39 is 0 Å². The number of nitrogens with one attached hydrogen (secondary N) is 1. The van der Waals surface area contributed by atoms with Crippen LogP contribution in [-0.2, 0) is 20.9 Å². The minimum atomic E-state index is -0.293. The number of aromatic nitrogens is 1. The second-order valence-electron chi connectivity index (χ2n) is 5.83. The summed E-state index contributed by atoms with van der Waals surface area (Å²) < 4.78 is 4.98. The van der Waals surface area contributed by atoms with Crippen LogP contribution in [0.5, 0.6) is 0 Å². The van der Waals surface area contributed by atoms with Crippen LogP contribution in [0.25, 0.3) is 0 Å². The molecule has 2 rings (SSSR count). The molecule has 1 aromatic heterocycles. The molecule has 7 heteroatoms. The molecule has 1 saturated heterocycles. The van der Waals surface area contributed by atoms with Crippen LogP contribution in [0.4, 0.5) is 5.82 Å². The maximum absolute atomic E-state index is 12.3. The smallest absolute Gasteiger partial charge is 0.225 e. The van der Waals surface area contributed by atoms with E-state index in [0.717, 1.165) is 11.4 Å². The molecule has 23 heavy (non-hydrogen) atoms. The van der Waals surface area contributed by atoms with E-state index in [2.05, 4.69) is 10.3 Å². The van der Waals surface area contributed by atoms with Gasteiger partial charge in [0.15, 0.2) is 0 Å². The number of methoxy groups -OCH3 is 1. The van der Waals surface area contributed by atoms with Gasteiger partial charge >= 0.3 is 0 Å². The number of nitrogens with zero attached hydrogens (tertiary/aromatic N) is 3. The van der Waals surface area contributed by atoms with Gasteiger partial charge in [-0.15, -0.1) is 0 Å². The lowest BCUT2D eigenvalue weighted by Gasteiger charge is -2.17. The molecule has 1 aromatic rings. The van der Waals surface area contributed by atoms with Gasteiger partial charge in [0.25, 0.3) is 0 Å². The fraction of sp³-hybridized carbons (Fsp3) is 0.562. The zero-order valence-corrected chi connectivity index (χ0v) is 13.9. The molecule has 1 atom stereocenters. The van der Waals surface area contributed by atoms with Crippen LogP contribution in [0, 0.1) is 5.92 Å². The third kappa shape index (κ3) is 4.41. The van der Waals surface area contributed by atoms with Gasteiger partial charge in [0.05, 0.1) is 12.5 Å². The van der Waals surface area contributed by atoms with Crippen LogP contribution in [-0.4, -0.2) is 62.6 Å². The van der Waals surface area contributed by atoms with E-state index in [1.165, 1.54) is 0 Å². The molecule has 1 fully saturated rings. The summed E-state index contributed by atoms with van der Waals surface area (Å²) in [4.78, 5) is 32.1. The molecule has 0 bridgehead atoms. The molecule has 0 unspecified atom stereocenters. The number of hydrogen-bond acceptors (Lipinski definition) is 5. The maximum Gasteiger partial charge on any atom is 0.225 e. The summed E-state index contributed by atoms with van der Waals surface area (Å²) in [7, 11) is 5.43. The molecule has 1 aliphatic rings. The van der Waals surface area contributed by atoms with E-state index in [4.69, 9.17) is 4.74 Å². The Kier molecular flexibility index (Phi) is 5.92. The van der Waals surface area contributed by atoms with Gasteiger partial charge in [-0.2, -0.15) is 0 Å². The molecule has 0 saturated carbocycles. The van der Waals surface area contributed by atoms with Crippen molar-refractivity contribution in [2.24, 2.45) is 5.92 Å². The molecular formula is C16H24N4O3. The van der Waals surface area contributed by atoms with E-state index in [1.807, 2.05) is 31.1 Å².